The second-order valence-electron chi connectivity index (χ2n) is 8.79. The van der Waals surface area contributed by atoms with Gasteiger partial charge in [-0.15, -0.1) is 0 Å². The maximum atomic E-state index is 13.9. The SMILES string of the molecule is CCS(=O)(=O)C(C(N1CCCCC1)S(=O)(=O)N1CCOCC1)S(=O)(=O)C(C)N1CCCC1. The van der Waals surface area contributed by atoms with E-state index in [0.717, 1.165) is 19.3 Å². The zero-order chi connectivity index (χ0) is 23.6. The van der Waals surface area contributed by atoms with Crippen LogP contribution in [-0.4, -0.2) is 113 Å². The molecule has 0 spiro atoms. The first-order valence-electron chi connectivity index (χ1n) is 11.5. The van der Waals surface area contributed by atoms with Gasteiger partial charge in [-0.25, -0.2) is 25.3 Å². The van der Waals surface area contributed by atoms with Crippen LogP contribution in [-0.2, 0) is 34.4 Å². The average molecular weight is 516 g/mol. The summed E-state index contributed by atoms with van der Waals surface area (Å²) < 4.78 is 86.7. The number of piperidine rings is 1. The Morgan fingerprint density at radius 2 is 1.25 bits per heavy atom. The number of ether oxygens (including phenoxy) is 1. The highest BCUT2D eigenvalue weighted by Crippen LogP contribution is 2.32. The molecule has 3 fully saturated rings. The monoisotopic (exact) mass is 515 g/mol. The Morgan fingerprint density at radius 1 is 0.750 bits per heavy atom. The highest BCUT2D eigenvalue weighted by Gasteiger charge is 2.55. The minimum absolute atomic E-state index is 0.0906. The fourth-order valence-electron chi connectivity index (χ4n) is 4.84. The maximum absolute atomic E-state index is 13.9. The van der Waals surface area contributed by atoms with Crippen molar-refractivity contribution >= 4 is 29.7 Å². The van der Waals surface area contributed by atoms with E-state index in [-0.39, 0.29) is 26.3 Å². The van der Waals surface area contributed by atoms with E-state index in [1.165, 1.54) is 18.2 Å². The second kappa shape index (κ2) is 10.5. The molecule has 0 aromatic carbocycles. The number of rotatable bonds is 9. The van der Waals surface area contributed by atoms with Crippen molar-refractivity contribution in [3.63, 3.8) is 0 Å². The minimum atomic E-state index is -4.37. The Morgan fingerprint density at radius 3 is 1.78 bits per heavy atom. The van der Waals surface area contributed by atoms with Crippen LogP contribution in [0.4, 0.5) is 0 Å². The average Bonchev–Trinajstić information content (AvgIpc) is 3.32. The summed E-state index contributed by atoms with van der Waals surface area (Å²) in [6.45, 7) is 5.30. The molecule has 0 aromatic heterocycles. The normalized spacial score (nSPS) is 26.1. The summed E-state index contributed by atoms with van der Waals surface area (Å²) in [4.78, 5) is 3.34. The number of hydrogen-bond acceptors (Lipinski definition) is 9. The number of sulfonamides is 1. The predicted octanol–water partition coefficient (Wildman–Crippen LogP) is 0.0778. The minimum Gasteiger partial charge on any atom is -0.379 e. The van der Waals surface area contributed by atoms with Gasteiger partial charge in [0, 0.05) is 18.8 Å². The van der Waals surface area contributed by atoms with Gasteiger partial charge in [0.1, 0.15) is 5.37 Å². The van der Waals surface area contributed by atoms with E-state index in [0.29, 0.717) is 39.0 Å². The van der Waals surface area contributed by atoms with Crippen LogP contribution in [0.3, 0.4) is 0 Å². The van der Waals surface area contributed by atoms with Gasteiger partial charge in [0.05, 0.1) is 13.2 Å². The van der Waals surface area contributed by atoms with Crippen LogP contribution in [0.2, 0.25) is 0 Å². The third-order valence-corrected chi connectivity index (χ3v) is 15.0. The van der Waals surface area contributed by atoms with Gasteiger partial charge in [-0.2, -0.15) is 4.31 Å². The standard InChI is InChI=1S/C19H37N3O7S3/c1-3-30(23,24)19(31(25,26)17(2)20-9-7-8-10-20)18(21-11-5-4-6-12-21)32(27,28)22-13-15-29-16-14-22/h17-19H,3-16H2,1-2H3. The van der Waals surface area contributed by atoms with Crippen LogP contribution in [0.15, 0.2) is 0 Å². The Hall–Kier alpha value is -0.310. The highest BCUT2D eigenvalue weighted by molar-refractivity contribution is 8.10. The number of hydrogen-bond donors (Lipinski definition) is 0. The molecule has 0 aliphatic carbocycles. The number of sulfone groups is 2. The second-order valence-corrected chi connectivity index (χ2v) is 15.9. The van der Waals surface area contributed by atoms with E-state index in [2.05, 4.69) is 0 Å². The third kappa shape index (κ3) is 5.33. The zero-order valence-electron chi connectivity index (χ0n) is 19.1. The van der Waals surface area contributed by atoms with Crippen LogP contribution < -0.4 is 0 Å². The largest absolute Gasteiger partial charge is 0.379 e. The molecule has 13 heteroatoms. The summed E-state index contributed by atoms with van der Waals surface area (Å²) >= 11 is 0. The summed E-state index contributed by atoms with van der Waals surface area (Å²) in [5, 5.41) is -2.72. The Labute approximate surface area is 193 Å². The van der Waals surface area contributed by atoms with Gasteiger partial charge in [0.25, 0.3) is 0 Å². The molecule has 3 heterocycles. The van der Waals surface area contributed by atoms with Crippen molar-refractivity contribution in [3.8, 4) is 0 Å². The summed E-state index contributed by atoms with van der Waals surface area (Å²) in [6, 6.07) is 0. The topological polar surface area (TPSA) is 121 Å². The molecule has 0 saturated carbocycles. The lowest BCUT2D eigenvalue weighted by molar-refractivity contribution is 0.0708. The molecular weight excluding hydrogens is 478 g/mol. The van der Waals surface area contributed by atoms with E-state index in [9.17, 15) is 25.3 Å². The Bertz CT molecular complexity index is 935. The molecule has 3 aliphatic heterocycles. The van der Waals surface area contributed by atoms with Crippen molar-refractivity contribution in [2.45, 2.75) is 61.3 Å². The smallest absolute Gasteiger partial charge is 0.232 e. The lowest BCUT2D eigenvalue weighted by Crippen LogP contribution is -2.62. The molecule has 0 radical (unpaired) electrons. The summed E-state index contributed by atoms with van der Waals surface area (Å²) in [6.07, 6.45) is 3.99. The molecular formula is C19H37N3O7S3. The first kappa shape index (κ1) is 26.3. The molecule has 188 valence electrons. The zero-order valence-corrected chi connectivity index (χ0v) is 21.5. The predicted molar refractivity (Wildman–Crippen MR) is 123 cm³/mol. The van der Waals surface area contributed by atoms with Crippen molar-refractivity contribution in [1.29, 1.82) is 0 Å². The number of nitrogens with zero attached hydrogens (tertiary/aromatic N) is 3. The lowest BCUT2D eigenvalue weighted by Gasteiger charge is -2.41. The van der Waals surface area contributed by atoms with Gasteiger partial charge < -0.3 is 4.74 Å². The fraction of sp³-hybridized carbons (Fsp3) is 1.00. The van der Waals surface area contributed by atoms with E-state index >= 15 is 0 Å². The van der Waals surface area contributed by atoms with Crippen LogP contribution in [0.1, 0.15) is 46.0 Å². The molecule has 3 saturated heterocycles. The highest BCUT2D eigenvalue weighted by atomic mass is 32.3. The van der Waals surface area contributed by atoms with Crippen molar-refractivity contribution < 1.29 is 30.0 Å². The van der Waals surface area contributed by atoms with E-state index in [4.69, 9.17) is 4.74 Å². The molecule has 3 atom stereocenters. The van der Waals surface area contributed by atoms with E-state index in [1.807, 2.05) is 0 Å². The van der Waals surface area contributed by atoms with Gasteiger partial charge >= 0.3 is 0 Å². The number of morpholine rings is 1. The summed E-state index contributed by atoms with van der Waals surface area (Å²) in [5.41, 5.74) is 0. The van der Waals surface area contributed by atoms with Crippen molar-refractivity contribution in [2.24, 2.45) is 0 Å². The summed E-state index contributed by atoms with van der Waals surface area (Å²) in [7, 11) is -12.9. The quantitative estimate of drug-likeness (QED) is 0.420. The Balaban J connectivity index is 2.13. The van der Waals surface area contributed by atoms with E-state index < -0.39 is 50.8 Å². The maximum Gasteiger partial charge on any atom is 0.232 e. The van der Waals surface area contributed by atoms with Gasteiger partial charge in [-0.3, -0.25) is 9.80 Å². The van der Waals surface area contributed by atoms with Crippen LogP contribution in [0, 0.1) is 0 Å². The first-order valence-corrected chi connectivity index (χ1v) is 16.4. The van der Waals surface area contributed by atoms with Crippen LogP contribution >= 0.6 is 0 Å². The van der Waals surface area contributed by atoms with Crippen molar-refractivity contribution in [1.82, 2.24) is 14.1 Å². The van der Waals surface area contributed by atoms with Gasteiger partial charge in [0.2, 0.25) is 10.0 Å². The third-order valence-electron chi connectivity index (χ3n) is 6.83. The lowest BCUT2D eigenvalue weighted by atomic mass is 10.1. The molecule has 3 unspecified atom stereocenters. The molecule has 0 N–H and O–H groups in total. The van der Waals surface area contributed by atoms with Crippen LogP contribution in [0.5, 0.6) is 0 Å². The molecule has 0 aromatic rings. The summed E-state index contributed by atoms with van der Waals surface area (Å²) in [5.74, 6) is -0.438. The molecule has 10 nitrogen and oxygen atoms in total. The molecule has 0 amide bonds. The first-order chi connectivity index (χ1) is 15.0. The number of likely N-dealkylation sites (tertiary alicyclic amines) is 2. The van der Waals surface area contributed by atoms with Gasteiger partial charge in [-0.1, -0.05) is 13.3 Å². The molecule has 0 bridgehead atoms. The molecule has 3 aliphatic rings. The molecule has 3 rings (SSSR count). The Kier molecular flexibility index (Phi) is 8.65. The van der Waals surface area contributed by atoms with E-state index in [1.54, 1.807) is 9.80 Å². The molecule has 32 heavy (non-hydrogen) atoms. The van der Waals surface area contributed by atoms with Crippen LogP contribution in [0.25, 0.3) is 0 Å². The van der Waals surface area contributed by atoms with Gasteiger partial charge in [0.15, 0.2) is 29.6 Å². The van der Waals surface area contributed by atoms with Gasteiger partial charge in [-0.05, 0) is 58.8 Å². The fourth-order valence-corrected chi connectivity index (χ4v) is 13.4. The van der Waals surface area contributed by atoms with Crippen molar-refractivity contribution in [2.75, 3.05) is 58.2 Å². The van der Waals surface area contributed by atoms with Crippen molar-refractivity contribution in [3.05, 3.63) is 0 Å².